The number of furan rings is 1. The van der Waals surface area contributed by atoms with E-state index in [0.717, 1.165) is 12.1 Å². The average Bonchev–Trinajstić information content (AvgIpc) is 3.42. The van der Waals surface area contributed by atoms with Crippen LogP contribution in [0.25, 0.3) is 0 Å². The van der Waals surface area contributed by atoms with Gasteiger partial charge in [-0.15, -0.1) is 0 Å². The van der Waals surface area contributed by atoms with Gasteiger partial charge in [0.1, 0.15) is 5.75 Å². The Bertz CT molecular complexity index is 1140. The quantitative estimate of drug-likeness (QED) is 0.451. The lowest BCUT2D eigenvalue weighted by atomic mass is 9.99. The van der Waals surface area contributed by atoms with Gasteiger partial charge in [0.25, 0.3) is 11.8 Å². The molecule has 1 aliphatic heterocycles. The number of halogens is 1. The Labute approximate surface area is 210 Å². The lowest BCUT2D eigenvalue weighted by Gasteiger charge is -2.36. The monoisotopic (exact) mass is 495 g/mol. The van der Waals surface area contributed by atoms with Gasteiger partial charge in [0, 0.05) is 31.9 Å². The van der Waals surface area contributed by atoms with Gasteiger partial charge in [0.15, 0.2) is 12.4 Å². The van der Waals surface area contributed by atoms with Gasteiger partial charge in [-0.2, -0.15) is 0 Å². The number of benzene rings is 2. The summed E-state index contributed by atoms with van der Waals surface area (Å²) in [5, 5.41) is 3.37. The second-order valence-electron chi connectivity index (χ2n) is 8.64. The van der Waals surface area contributed by atoms with E-state index in [2.05, 4.69) is 24.1 Å². The zero-order chi connectivity index (χ0) is 24.8. The summed E-state index contributed by atoms with van der Waals surface area (Å²) < 4.78 is 10.8. The average molecular weight is 496 g/mol. The molecular formula is C27H30ClN3O4. The lowest BCUT2D eigenvalue weighted by Crippen LogP contribution is -2.48. The normalized spacial score (nSPS) is 14.5. The van der Waals surface area contributed by atoms with Crippen LogP contribution in [0.4, 0.5) is 11.4 Å². The highest BCUT2D eigenvalue weighted by Crippen LogP contribution is 2.30. The molecule has 0 aliphatic carbocycles. The molecule has 4 rings (SSSR count). The van der Waals surface area contributed by atoms with Crippen LogP contribution in [-0.4, -0.2) is 49.5 Å². The molecule has 1 aromatic heterocycles. The number of carbonyl (C=O) groups excluding carboxylic acids is 2. The Hall–Kier alpha value is -3.45. The summed E-state index contributed by atoms with van der Waals surface area (Å²) in [6, 6.07) is 16.7. The van der Waals surface area contributed by atoms with Gasteiger partial charge >= 0.3 is 0 Å². The summed E-state index contributed by atoms with van der Waals surface area (Å²) in [4.78, 5) is 28.7. The third kappa shape index (κ3) is 6.17. The molecule has 184 valence electrons. The number of nitrogens with zero attached hydrogens (tertiary/aromatic N) is 2. The highest BCUT2D eigenvalue weighted by atomic mass is 35.5. The number of hydrogen-bond acceptors (Lipinski definition) is 5. The van der Waals surface area contributed by atoms with E-state index < -0.39 is 0 Å². The second-order valence-corrected chi connectivity index (χ2v) is 9.05. The van der Waals surface area contributed by atoms with Crippen molar-refractivity contribution in [3.63, 3.8) is 0 Å². The third-order valence-corrected chi connectivity index (χ3v) is 6.61. The maximum Gasteiger partial charge on any atom is 0.289 e. The summed E-state index contributed by atoms with van der Waals surface area (Å²) in [6.07, 6.45) is 2.58. The first kappa shape index (κ1) is 24.7. The maximum atomic E-state index is 12.5. The predicted octanol–water partition coefficient (Wildman–Crippen LogP) is 5.43. The van der Waals surface area contributed by atoms with Crippen molar-refractivity contribution in [1.82, 2.24) is 4.90 Å². The molecule has 1 saturated heterocycles. The van der Waals surface area contributed by atoms with Crippen LogP contribution in [0, 0.1) is 0 Å². The highest BCUT2D eigenvalue weighted by Gasteiger charge is 2.24. The molecule has 2 amide bonds. The van der Waals surface area contributed by atoms with Crippen LogP contribution in [-0.2, 0) is 4.79 Å². The van der Waals surface area contributed by atoms with E-state index >= 15 is 0 Å². The van der Waals surface area contributed by atoms with Gasteiger partial charge < -0.3 is 24.3 Å². The fourth-order valence-corrected chi connectivity index (χ4v) is 4.32. The lowest BCUT2D eigenvalue weighted by molar-refractivity contribution is -0.118. The maximum absolute atomic E-state index is 12.5. The minimum Gasteiger partial charge on any atom is -0.484 e. The molecule has 0 bridgehead atoms. The zero-order valence-corrected chi connectivity index (χ0v) is 20.8. The number of rotatable bonds is 8. The molecule has 2 aromatic carbocycles. The SMILES string of the molecule is CC[C@H](C)c1ccc(OCC(=O)Nc2ccc(N3CCN(C(=O)c4ccco4)CC3)c(Cl)c2)cc1. The zero-order valence-electron chi connectivity index (χ0n) is 20.0. The van der Waals surface area contributed by atoms with Gasteiger partial charge in [-0.1, -0.05) is 37.6 Å². The Kier molecular flexibility index (Phi) is 7.98. The van der Waals surface area contributed by atoms with E-state index in [1.807, 2.05) is 36.4 Å². The number of nitrogens with one attached hydrogen (secondary N) is 1. The van der Waals surface area contributed by atoms with Crippen molar-refractivity contribution in [2.45, 2.75) is 26.2 Å². The van der Waals surface area contributed by atoms with E-state index in [4.69, 9.17) is 20.8 Å². The standard InChI is InChI=1S/C27H30ClN3O4/c1-3-19(2)20-6-9-22(10-7-20)35-18-26(32)29-21-8-11-24(23(28)17-21)30-12-14-31(15-13-30)27(33)25-5-4-16-34-25/h4-11,16-17,19H,3,12-15,18H2,1-2H3,(H,29,32)/t19-/m0/s1. The van der Waals surface area contributed by atoms with Crippen LogP contribution in [0.15, 0.2) is 65.3 Å². The molecule has 1 fully saturated rings. The summed E-state index contributed by atoms with van der Waals surface area (Å²) in [5.41, 5.74) is 2.73. The molecule has 35 heavy (non-hydrogen) atoms. The molecule has 1 atom stereocenters. The van der Waals surface area contributed by atoms with Gasteiger partial charge in [-0.25, -0.2) is 0 Å². The van der Waals surface area contributed by atoms with E-state index in [9.17, 15) is 9.59 Å². The molecule has 0 unspecified atom stereocenters. The predicted molar refractivity (Wildman–Crippen MR) is 138 cm³/mol. The number of hydrogen-bond donors (Lipinski definition) is 1. The van der Waals surface area contributed by atoms with E-state index in [1.54, 1.807) is 23.1 Å². The molecular weight excluding hydrogens is 466 g/mol. The van der Waals surface area contributed by atoms with Crippen molar-refractivity contribution >= 4 is 34.8 Å². The van der Waals surface area contributed by atoms with Crippen molar-refractivity contribution in [3.8, 4) is 5.75 Å². The first-order valence-corrected chi connectivity index (χ1v) is 12.2. The number of amides is 2. The van der Waals surface area contributed by atoms with Crippen LogP contribution >= 0.6 is 11.6 Å². The minimum atomic E-state index is -0.259. The summed E-state index contributed by atoms with van der Waals surface area (Å²) in [5.74, 6) is 1.14. The summed E-state index contributed by atoms with van der Waals surface area (Å²) in [6.45, 7) is 6.71. The fraction of sp³-hybridized carbons (Fsp3) is 0.333. The molecule has 7 nitrogen and oxygen atoms in total. The minimum absolute atomic E-state index is 0.0896. The molecule has 1 N–H and O–H groups in total. The van der Waals surface area contributed by atoms with Crippen LogP contribution < -0.4 is 15.0 Å². The van der Waals surface area contributed by atoms with Gasteiger partial charge in [0.2, 0.25) is 0 Å². The van der Waals surface area contributed by atoms with Crippen molar-refractivity contribution in [2.24, 2.45) is 0 Å². The number of piperazine rings is 1. The Morgan fingerprint density at radius 1 is 1.09 bits per heavy atom. The number of anilines is 2. The summed E-state index contributed by atoms with van der Waals surface area (Å²) >= 11 is 6.53. The topological polar surface area (TPSA) is 75.0 Å². The molecule has 0 radical (unpaired) electrons. The Balaban J connectivity index is 1.27. The first-order chi connectivity index (χ1) is 16.9. The molecule has 2 heterocycles. The summed E-state index contributed by atoms with van der Waals surface area (Å²) in [7, 11) is 0. The molecule has 0 saturated carbocycles. The molecule has 0 spiro atoms. The van der Waals surface area contributed by atoms with Crippen LogP contribution in [0.3, 0.4) is 0 Å². The smallest absolute Gasteiger partial charge is 0.289 e. The van der Waals surface area contributed by atoms with Gasteiger partial charge in [0.05, 0.1) is 17.0 Å². The van der Waals surface area contributed by atoms with Gasteiger partial charge in [-0.05, 0) is 60.4 Å². The molecule has 3 aromatic rings. The Morgan fingerprint density at radius 2 is 1.83 bits per heavy atom. The van der Waals surface area contributed by atoms with Crippen LogP contribution in [0.2, 0.25) is 5.02 Å². The van der Waals surface area contributed by atoms with Gasteiger partial charge in [-0.3, -0.25) is 9.59 Å². The largest absolute Gasteiger partial charge is 0.484 e. The van der Waals surface area contributed by atoms with Crippen LogP contribution in [0.5, 0.6) is 5.75 Å². The first-order valence-electron chi connectivity index (χ1n) is 11.8. The fourth-order valence-electron chi connectivity index (χ4n) is 4.02. The Morgan fingerprint density at radius 3 is 2.46 bits per heavy atom. The van der Waals surface area contributed by atoms with E-state index in [-0.39, 0.29) is 18.4 Å². The van der Waals surface area contributed by atoms with E-state index in [1.165, 1.54) is 11.8 Å². The highest BCUT2D eigenvalue weighted by molar-refractivity contribution is 6.33. The van der Waals surface area contributed by atoms with Crippen molar-refractivity contribution in [2.75, 3.05) is 43.0 Å². The molecule has 1 aliphatic rings. The molecule has 8 heteroatoms. The number of carbonyl (C=O) groups is 2. The van der Waals surface area contributed by atoms with Crippen LogP contribution in [0.1, 0.15) is 42.3 Å². The van der Waals surface area contributed by atoms with Crippen molar-refractivity contribution in [1.29, 1.82) is 0 Å². The second kappa shape index (κ2) is 11.3. The van der Waals surface area contributed by atoms with Crippen molar-refractivity contribution in [3.05, 3.63) is 77.2 Å². The van der Waals surface area contributed by atoms with Crippen molar-refractivity contribution < 1.29 is 18.7 Å². The van der Waals surface area contributed by atoms with E-state index in [0.29, 0.717) is 54.3 Å². The number of ether oxygens (including phenoxy) is 1. The third-order valence-electron chi connectivity index (χ3n) is 6.30.